The first kappa shape index (κ1) is 52.1. The highest BCUT2D eigenvalue weighted by atomic mass is 35.5. The Bertz CT molecular complexity index is 2080. The van der Waals surface area contributed by atoms with Gasteiger partial charge >= 0.3 is 23.9 Å². The van der Waals surface area contributed by atoms with Crippen LogP contribution in [-0.4, -0.2) is 95.6 Å². The molecule has 0 aromatic heterocycles. The van der Waals surface area contributed by atoms with Gasteiger partial charge in [0.1, 0.15) is 12.2 Å². The second kappa shape index (κ2) is 18.6. The number of halogens is 1. The highest BCUT2D eigenvalue weighted by Crippen LogP contribution is 2.77. The molecule has 6 rings (SSSR count). The number of carbonyl (C=O) groups excluding carboxylic acids is 3. The minimum atomic E-state index is -1.33. The van der Waals surface area contributed by atoms with E-state index in [1.165, 1.54) is 5.57 Å². The van der Waals surface area contributed by atoms with Crippen molar-refractivity contribution in [3.05, 3.63) is 46.0 Å². The Balaban J connectivity index is 1.38. The molecule has 11 nitrogen and oxygen atoms in total. The van der Waals surface area contributed by atoms with E-state index < -0.39 is 46.2 Å². The second-order valence-corrected chi connectivity index (χ2v) is 25.0. The average Bonchev–Trinajstić information content (AvgIpc) is 3.51. The predicted octanol–water partition coefficient (Wildman–Crippen LogP) is 10.5. The summed E-state index contributed by atoms with van der Waals surface area (Å²) >= 11 is 6.31. The summed E-state index contributed by atoms with van der Waals surface area (Å²) in [5.41, 5.74) is -0.739. The van der Waals surface area contributed by atoms with Crippen molar-refractivity contribution in [2.45, 2.75) is 166 Å². The zero-order chi connectivity index (χ0) is 49.2. The van der Waals surface area contributed by atoms with E-state index in [4.69, 9.17) is 21.1 Å². The standard InChI is InChI=1S/C54H81ClN2O9/c1-33(2)44-37(58)28-54(41(66-43(60)30-49(5,6)47(63)64)32-57(27-26-56(12)13)31-34-14-16-35(55)17-15-34)25-24-52(10)36(45(44)54)18-19-39-51(9)22-21-40(65-42(59)29-48(3,4)46(61)62)50(7,8)38(51)20-23-53(39,52)11/h14-17,33,36,38-41H,18-32H2,1-13H3,(H,61,62)(H,63,64)/t36-,38+,39-,40+,41-,51+,52-,53-,54+/m1/s1. The van der Waals surface area contributed by atoms with Gasteiger partial charge in [0.25, 0.3) is 0 Å². The summed E-state index contributed by atoms with van der Waals surface area (Å²) in [5, 5.41) is 20.4. The molecule has 4 saturated carbocycles. The molecular formula is C54H81ClN2O9. The van der Waals surface area contributed by atoms with Crippen molar-refractivity contribution in [2.75, 3.05) is 33.7 Å². The maximum atomic E-state index is 14.8. The molecule has 2 N–H and O–H groups in total. The zero-order valence-electron chi connectivity index (χ0n) is 42.4. The summed E-state index contributed by atoms with van der Waals surface area (Å²) in [6.07, 6.45) is 5.84. The molecular weight excluding hydrogens is 856 g/mol. The van der Waals surface area contributed by atoms with Crippen LogP contribution in [0.2, 0.25) is 5.02 Å². The number of ether oxygens (including phenoxy) is 2. The van der Waals surface area contributed by atoms with Crippen molar-refractivity contribution >= 4 is 41.3 Å². The van der Waals surface area contributed by atoms with Crippen LogP contribution in [-0.2, 0) is 40.0 Å². The number of carbonyl (C=O) groups is 5. The average molecular weight is 938 g/mol. The maximum Gasteiger partial charge on any atom is 0.309 e. The molecule has 12 heteroatoms. The first-order valence-corrected chi connectivity index (χ1v) is 25.1. The number of esters is 2. The number of hydrogen-bond donors (Lipinski definition) is 2. The van der Waals surface area contributed by atoms with Gasteiger partial charge in [-0.3, -0.25) is 28.9 Å². The van der Waals surface area contributed by atoms with Crippen LogP contribution in [0.1, 0.15) is 152 Å². The topological polar surface area (TPSA) is 151 Å². The molecule has 9 atom stereocenters. The van der Waals surface area contributed by atoms with E-state index in [1.807, 2.05) is 38.4 Å². The van der Waals surface area contributed by atoms with Crippen LogP contribution in [0.25, 0.3) is 0 Å². The molecule has 1 aromatic rings. The molecule has 4 fully saturated rings. The zero-order valence-corrected chi connectivity index (χ0v) is 43.2. The van der Waals surface area contributed by atoms with Gasteiger partial charge < -0.3 is 24.6 Å². The van der Waals surface area contributed by atoms with Crippen molar-refractivity contribution in [3.63, 3.8) is 0 Å². The lowest BCUT2D eigenvalue weighted by Crippen LogP contribution is -2.66. The van der Waals surface area contributed by atoms with Crippen LogP contribution in [0.15, 0.2) is 35.4 Å². The van der Waals surface area contributed by atoms with Crippen LogP contribution in [0, 0.1) is 61.6 Å². The molecule has 1 aromatic carbocycles. The first-order chi connectivity index (χ1) is 30.4. The Morgan fingerprint density at radius 3 is 1.97 bits per heavy atom. The van der Waals surface area contributed by atoms with Gasteiger partial charge in [0, 0.05) is 48.5 Å². The van der Waals surface area contributed by atoms with Crippen LogP contribution < -0.4 is 0 Å². The largest absolute Gasteiger partial charge is 0.481 e. The fraction of sp³-hybridized carbons (Fsp3) is 0.759. The van der Waals surface area contributed by atoms with Gasteiger partial charge in [-0.05, 0) is 162 Å². The first-order valence-electron chi connectivity index (χ1n) is 24.7. The van der Waals surface area contributed by atoms with Crippen molar-refractivity contribution < 1.29 is 43.7 Å². The molecule has 0 heterocycles. The quantitative estimate of drug-likeness (QED) is 0.144. The van der Waals surface area contributed by atoms with Gasteiger partial charge in [-0.1, -0.05) is 72.2 Å². The highest BCUT2D eigenvalue weighted by molar-refractivity contribution is 6.30. The van der Waals surface area contributed by atoms with E-state index in [9.17, 15) is 34.2 Å². The summed E-state index contributed by atoms with van der Waals surface area (Å²) in [6, 6.07) is 7.81. The van der Waals surface area contributed by atoms with Crippen LogP contribution >= 0.6 is 11.6 Å². The number of allylic oxidation sites excluding steroid dienone is 1. The number of carboxylic acids is 2. The van der Waals surface area contributed by atoms with Crippen molar-refractivity contribution in [3.8, 4) is 0 Å². The maximum absolute atomic E-state index is 14.8. The Kier molecular flexibility index (Phi) is 14.7. The van der Waals surface area contributed by atoms with Gasteiger partial charge in [0.05, 0.1) is 23.7 Å². The predicted molar refractivity (Wildman–Crippen MR) is 257 cm³/mol. The fourth-order valence-electron chi connectivity index (χ4n) is 14.5. The number of likely N-dealkylation sites (N-methyl/N-ethyl adjacent to an activating group) is 1. The number of rotatable bonds is 17. The van der Waals surface area contributed by atoms with Crippen molar-refractivity contribution in [1.29, 1.82) is 0 Å². The number of hydrogen-bond acceptors (Lipinski definition) is 9. The minimum absolute atomic E-state index is 0.0309. The smallest absolute Gasteiger partial charge is 0.309 e. The van der Waals surface area contributed by atoms with E-state index in [1.54, 1.807) is 27.7 Å². The van der Waals surface area contributed by atoms with E-state index >= 15 is 0 Å². The van der Waals surface area contributed by atoms with Crippen LogP contribution in [0.5, 0.6) is 0 Å². The molecule has 0 bridgehead atoms. The highest BCUT2D eigenvalue weighted by Gasteiger charge is 2.71. The molecule has 0 unspecified atom stereocenters. The fourth-order valence-corrected chi connectivity index (χ4v) is 14.6. The summed E-state index contributed by atoms with van der Waals surface area (Å²) in [6.45, 7) is 24.9. The summed E-state index contributed by atoms with van der Waals surface area (Å²) in [5.74, 6) is -2.24. The number of nitrogens with zero attached hydrogens (tertiary/aromatic N) is 2. The Morgan fingerprint density at radius 2 is 1.39 bits per heavy atom. The van der Waals surface area contributed by atoms with E-state index in [0.717, 1.165) is 62.6 Å². The van der Waals surface area contributed by atoms with Gasteiger partial charge in [0.2, 0.25) is 0 Å². The second-order valence-electron chi connectivity index (χ2n) is 24.6. The lowest BCUT2D eigenvalue weighted by atomic mass is 9.33. The van der Waals surface area contributed by atoms with Crippen LogP contribution in [0.4, 0.5) is 0 Å². The Labute approximate surface area is 400 Å². The number of fused-ring (bicyclic) bond motifs is 7. The number of carboxylic acid groups (broad SMARTS) is 2. The molecule has 0 aliphatic heterocycles. The minimum Gasteiger partial charge on any atom is -0.481 e. The molecule has 0 saturated heterocycles. The third-order valence-electron chi connectivity index (χ3n) is 18.5. The van der Waals surface area contributed by atoms with Gasteiger partial charge in [-0.25, -0.2) is 0 Å². The summed E-state index contributed by atoms with van der Waals surface area (Å²) in [4.78, 5) is 71.0. The van der Waals surface area contributed by atoms with Crippen molar-refractivity contribution in [1.82, 2.24) is 9.80 Å². The summed E-state index contributed by atoms with van der Waals surface area (Å²) < 4.78 is 13.0. The summed E-state index contributed by atoms with van der Waals surface area (Å²) in [7, 11) is 4.08. The van der Waals surface area contributed by atoms with E-state index in [2.05, 4.69) is 58.3 Å². The van der Waals surface area contributed by atoms with Crippen LogP contribution in [0.3, 0.4) is 0 Å². The van der Waals surface area contributed by atoms with Gasteiger partial charge in [-0.2, -0.15) is 0 Å². The van der Waals surface area contributed by atoms with E-state index in [-0.39, 0.29) is 70.6 Å². The number of Topliss-reactive ketones (excluding diaryl/α,β-unsaturated/α-hetero) is 1. The Hall–Kier alpha value is -3.28. The van der Waals surface area contributed by atoms with Gasteiger partial charge in [-0.15, -0.1) is 0 Å². The molecule has 0 radical (unpaired) electrons. The molecule has 368 valence electrons. The van der Waals surface area contributed by atoms with Gasteiger partial charge in [0.15, 0.2) is 5.78 Å². The number of benzene rings is 1. The third-order valence-corrected chi connectivity index (χ3v) is 18.8. The number of ketones is 1. The molecule has 5 aliphatic carbocycles. The molecule has 5 aliphatic rings. The number of aliphatic carboxylic acids is 2. The normalized spacial score (nSPS) is 32.3. The molecule has 0 amide bonds. The molecule has 0 spiro atoms. The van der Waals surface area contributed by atoms with Crippen molar-refractivity contribution in [2.24, 2.45) is 61.6 Å². The molecule has 66 heavy (non-hydrogen) atoms. The lowest BCUT2D eigenvalue weighted by Gasteiger charge is -2.72. The lowest BCUT2D eigenvalue weighted by molar-refractivity contribution is -0.235. The monoisotopic (exact) mass is 937 g/mol. The van der Waals surface area contributed by atoms with E-state index in [0.29, 0.717) is 37.0 Å². The SMILES string of the molecule is CC(C)C1=C2[C@H]3CC[C@@H]4[C@@]5(C)CC[C@H](OC(=O)CC(C)(C)C(=O)O)C(C)(C)[C@@H]5CC[C@@]4(C)[C@]3(C)CC[C@@]2([C@@H](CN(CCN(C)C)Cc2ccc(Cl)cc2)OC(=O)CC(C)(C)C(=O)O)CC1=O. The third kappa shape index (κ3) is 9.41. The Morgan fingerprint density at radius 1 is 0.788 bits per heavy atom.